The Bertz CT molecular complexity index is 432. The lowest BCUT2D eigenvalue weighted by molar-refractivity contribution is -0.141. The molecule has 0 aliphatic carbocycles. The van der Waals surface area contributed by atoms with Crippen LogP contribution in [-0.4, -0.2) is 35.1 Å². The zero-order chi connectivity index (χ0) is 13.9. The number of hydrogen-bond acceptors (Lipinski definition) is 5. The molecule has 1 aliphatic heterocycles. The van der Waals surface area contributed by atoms with Gasteiger partial charge in [0, 0.05) is 19.7 Å². The lowest BCUT2D eigenvalue weighted by Gasteiger charge is -2.13. The Kier molecular flexibility index (Phi) is 4.38. The van der Waals surface area contributed by atoms with Gasteiger partial charge in [-0.05, 0) is 23.8 Å². The topological polar surface area (TPSA) is 49.8 Å². The predicted molar refractivity (Wildman–Crippen MR) is 70.5 cm³/mol. The van der Waals surface area contributed by atoms with Crippen molar-refractivity contribution in [2.24, 2.45) is 5.92 Å². The smallest absolute Gasteiger partial charge is 0.370 e. The van der Waals surface area contributed by atoms with Gasteiger partial charge in [0.1, 0.15) is 5.82 Å². The molecule has 1 saturated heterocycles. The molecular formula is C11H15F3N4S. The van der Waals surface area contributed by atoms with Crippen LogP contribution in [0.1, 0.15) is 12.1 Å². The SMILES string of the molecule is CNc1nc(NCC2CCSC2)cc(C(F)(F)F)n1. The molecule has 2 heterocycles. The molecule has 0 amide bonds. The molecule has 2 rings (SSSR count). The van der Waals surface area contributed by atoms with Crippen molar-refractivity contribution in [3.63, 3.8) is 0 Å². The molecule has 0 bridgehead atoms. The third-order valence-corrected chi connectivity index (χ3v) is 4.07. The van der Waals surface area contributed by atoms with Crippen LogP contribution in [0.5, 0.6) is 0 Å². The van der Waals surface area contributed by atoms with E-state index in [-0.39, 0.29) is 11.8 Å². The van der Waals surface area contributed by atoms with E-state index in [0.717, 1.165) is 24.0 Å². The summed E-state index contributed by atoms with van der Waals surface area (Å²) in [5.41, 5.74) is -0.935. The fourth-order valence-corrected chi connectivity index (χ4v) is 3.07. The summed E-state index contributed by atoms with van der Waals surface area (Å²) in [6, 6.07) is 0.947. The van der Waals surface area contributed by atoms with Crippen LogP contribution in [0.25, 0.3) is 0 Å². The average molecular weight is 292 g/mol. The van der Waals surface area contributed by atoms with E-state index in [0.29, 0.717) is 12.5 Å². The average Bonchev–Trinajstić information content (AvgIpc) is 2.88. The second-order valence-corrected chi connectivity index (χ2v) is 5.47. The zero-order valence-electron chi connectivity index (χ0n) is 10.4. The summed E-state index contributed by atoms with van der Waals surface area (Å²) in [5.74, 6) is 2.84. The highest BCUT2D eigenvalue weighted by Gasteiger charge is 2.33. The number of hydrogen-bond donors (Lipinski definition) is 2. The van der Waals surface area contributed by atoms with Crippen molar-refractivity contribution in [3.8, 4) is 0 Å². The van der Waals surface area contributed by atoms with Gasteiger partial charge < -0.3 is 10.6 Å². The van der Waals surface area contributed by atoms with Gasteiger partial charge in [-0.1, -0.05) is 0 Å². The van der Waals surface area contributed by atoms with E-state index in [1.807, 2.05) is 11.8 Å². The molecule has 0 radical (unpaired) electrons. The quantitative estimate of drug-likeness (QED) is 0.893. The molecule has 4 nitrogen and oxygen atoms in total. The number of nitrogens with one attached hydrogen (secondary N) is 2. The van der Waals surface area contributed by atoms with Gasteiger partial charge in [0.25, 0.3) is 0 Å². The van der Waals surface area contributed by atoms with E-state index < -0.39 is 11.9 Å². The lowest BCUT2D eigenvalue weighted by atomic mass is 10.1. The van der Waals surface area contributed by atoms with Crippen LogP contribution < -0.4 is 10.6 Å². The van der Waals surface area contributed by atoms with Gasteiger partial charge in [-0.2, -0.15) is 29.9 Å². The number of rotatable bonds is 4. The Balaban J connectivity index is 2.10. The van der Waals surface area contributed by atoms with Gasteiger partial charge in [-0.25, -0.2) is 4.98 Å². The predicted octanol–water partition coefficient (Wildman–Crippen LogP) is 2.70. The van der Waals surface area contributed by atoms with Crippen molar-refractivity contribution < 1.29 is 13.2 Å². The summed E-state index contributed by atoms with van der Waals surface area (Å²) in [6.07, 6.45) is -3.37. The standard InChI is InChI=1S/C11H15F3N4S/c1-15-10-17-8(11(12,13)14)4-9(18-10)16-5-7-2-3-19-6-7/h4,7H,2-3,5-6H2,1H3,(H2,15,16,17,18). The summed E-state index contributed by atoms with van der Waals surface area (Å²) in [4.78, 5) is 7.40. The van der Waals surface area contributed by atoms with Crippen LogP contribution in [0.2, 0.25) is 0 Å². The Morgan fingerprint density at radius 1 is 1.42 bits per heavy atom. The minimum absolute atomic E-state index is 0.0295. The molecule has 1 aliphatic rings. The van der Waals surface area contributed by atoms with Gasteiger partial charge in [-0.3, -0.25) is 0 Å². The maximum atomic E-state index is 12.7. The number of alkyl halides is 3. The largest absolute Gasteiger partial charge is 0.433 e. The summed E-state index contributed by atoms with van der Waals surface area (Å²) in [5, 5.41) is 5.51. The third-order valence-electron chi connectivity index (χ3n) is 2.84. The third kappa shape index (κ3) is 3.89. The first-order valence-electron chi connectivity index (χ1n) is 5.94. The number of thioether (sulfide) groups is 1. The molecule has 2 N–H and O–H groups in total. The van der Waals surface area contributed by atoms with Crippen LogP contribution >= 0.6 is 11.8 Å². The molecule has 1 aromatic heterocycles. The van der Waals surface area contributed by atoms with Crippen LogP contribution in [0, 0.1) is 5.92 Å². The highest BCUT2D eigenvalue weighted by atomic mass is 32.2. The summed E-state index contributed by atoms with van der Waals surface area (Å²) in [6.45, 7) is 0.643. The normalized spacial score (nSPS) is 19.5. The number of halogens is 3. The van der Waals surface area contributed by atoms with E-state index in [2.05, 4.69) is 20.6 Å². The minimum atomic E-state index is -4.46. The zero-order valence-corrected chi connectivity index (χ0v) is 11.2. The fourth-order valence-electron chi connectivity index (χ4n) is 1.79. The van der Waals surface area contributed by atoms with Crippen molar-refractivity contribution in [2.45, 2.75) is 12.6 Å². The van der Waals surface area contributed by atoms with Crippen molar-refractivity contribution in [3.05, 3.63) is 11.8 Å². The van der Waals surface area contributed by atoms with Crippen LogP contribution in [0.4, 0.5) is 24.9 Å². The first-order valence-corrected chi connectivity index (χ1v) is 7.10. The molecular weight excluding hydrogens is 277 g/mol. The van der Waals surface area contributed by atoms with Crippen molar-refractivity contribution in [1.82, 2.24) is 9.97 Å². The Morgan fingerprint density at radius 3 is 2.79 bits per heavy atom. The second kappa shape index (κ2) is 5.85. The molecule has 1 fully saturated rings. The number of anilines is 2. The van der Waals surface area contributed by atoms with E-state index in [4.69, 9.17) is 0 Å². The van der Waals surface area contributed by atoms with Crippen molar-refractivity contribution in [1.29, 1.82) is 0 Å². The van der Waals surface area contributed by atoms with E-state index in [1.54, 1.807) is 0 Å². The molecule has 106 valence electrons. The van der Waals surface area contributed by atoms with Crippen LogP contribution in [0.3, 0.4) is 0 Å². The molecule has 19 heavy (non-hydrogen) atoms. The van der Waals surface area contributed by atoms with Crippen molar-refractivity contribution in [2.75, 3.05) is 35.7 Å². The van der Waals surface area contributed by atoms with Crippen molar-refractivity contribution >= 4 is 23.5 Å². The molecule has 1 aromatic rings. The number of nitrogens with zero attached hydrogens (tertiary/aromatic N) is 2. The maximum absolute atomic E-state index is 12.7. The van der Waals surface area contributed by atoms with E-state index >= 15 is 0 Å². The molecule has 1 atom stereocenters. The maximum Gasteiger partial charge on any atom is 0.433 e. The molecule has 0 saturated carbocycles. The first kappa shape index (κ1) is 14.2. The Labute approximate surface area is 113 Å². The Morgan fingerprint density at radius 2 is 2.21 bits per heavy atom. The van der Waals surface area contributed by atoms with E-state index in [1.165, 1.54) is 7.05 Å². The monoisotopic (exact) mass is 292 g/mol. The highest BCUT2D eigenvalue weighted by Crippen LogP contribution is 2.30. The Hall–Kier alpha value is -1.18. The first-order chi connectivity index (χ1) is 8.99. The second-order valence-electron chi connectivity index (χ2n) is 4.32. The fraction of sp³-hybridized carbons (Fsp3) is 0.636. The van der Waals surface area contributed by atoms with Gasteiger partial charge in [-0.15, -0.1) is 0 Å². The highest BCUT2D eigenvalue weighted by molar-refractivity contribution is 7.99. The van der Waals surface area contributed by atoms with Crippen LogP contribution in [-0.2, 0) is 6.18 Å². The number of aromatic nitrogens is 2. The lowest BCUT2D eigenvalue weighted by Crippen LogP contribution is -2.17. The molecule has 0 aromatic carbocycles. The molecule has 1 unspecified atom stereocenters. The van der Waals surface area contributed by atoms with Crippen LogP contribution in [0.15, 0.2) is 6.07 Å². The molecule has 8 heteroatoms. The van der Waals surface area contributed by atoms with Gasteiger partial charge in [0.15, 0.2) is 5.69 Å². The van der Waals surface area contributed by atoms with Gasteiger partial charge in [0.05, 0.1) is 0 Å². The summed E-state index contributed by atoms with van der Waals surface area (Å²) >= 11 is 1.87. The van der Waals surface area contributed by atoms with Gasteiger partial charge in [0.2, 0.25) is 5.95 Å². The van der Waals surface area contributed by atoms with E-state index in [9.17, 15) is 13.2 Å². The summed E-state index contributed by atoms with van der Waals surface area (Å²) in [7, 11) is 1.49. The summed E-state index contributed by atoms with van der Waals surface area (Å²) < 4.78 is 38.0. The van der Waals surface area contributed by atoms with Gasteiger partial charge >= 0.3 is 6.18 Å². The molecule has 0 spiro atoms. The minimum Gasteiger partial charge on any atom is -0.370 e.